The van der Waals surface area contributed by atoms with E-state index in [-0.39, 0.29) is 16.8 Å². The molecule has 1 aromatic heterocycles. The van der Waals surface area contributed by atoms with Gasteiger partial charge >= 0.3 is 0 Å². The van der Waals surface area contributed by atoms with Gasteiger partial charge in [0.15, 0.2) is 5.43 Å². The standard InChI is InChI=1S/C18H28N2O2/c1-12-11-15(21)16(13(2)19-12)17(22)20-9-6-7-14(8-10-20)18(3,4)5/h11,14H,6-10H2,1-5H3,(H,19,21)/t14-/m0/s1. The zero-order valence-corrected chi connectivity index (χ0v) is 14.5. The molecular weight excluding hydrogens is 276 g/mol. The Kier molecular flexibility index (Phi) is 4.78. The molecule has 1 aliphatic rings. The van der Waals surface area contributed by atoms with Crippen LogP contribution < -0.4 is 5.43 Å². The second-order valence-electron chi connectivity index (χ2n) is 7.60. The SMILES string of the molecule is Cc1cc(=O)c(C(=O)N2CCC[C@H](C(C)(C)C)CC2)c(C)[nH]1. The number of carbonyl (C=O) groups is 1. The van der Waals surface area contributed by atoms with Crippen molar-refractivity contribution in [3.8, 4) is 0 Å². The van der Waals surface area contributed by atoms with E-state index in [0.717, 1.165) is 38.0 Å². The minimum absolute atomic E-state index is 0.117. The average Bonchev–Trinajstić information content (AvgIpc) is 2.62. The molecule has 1 N–H and O–H groups in total. The number of hydrogen-bond donors (Lipinski definition) is 1. The Morgan fingerprint density at radius 3 is 2.50 bits per heavy atom. The average molecular weight is 304 g/mol. The van der Waals surface area contributed by atoms with Crippen molar-refractivity contribution in [2.45, 2.75) is 53.9 Å². The number of nitrogens with zero attached hydrogens (tertiary/aromatic N) is 1. The lowest BCUT2D eigenvalue weighted by Crippen LogP contribution is -2.36. The highest BCUT2D eigenvalue weighted by molar-refractivity contribution is 5.95. The fourth-order valence-corrected chi connectivity index (χ4v) is 3.44. The molecule has 22 heavy (non-hydrogen) atoms. The first kappa shape index (κ1) is 16.8. The summed E-state index contributed by atoms with van der Waals surface area (Å²) in [5.41, 5.74) is 1.88. The van der Waals surface area contributed by atoms with Crippen molar-refractivity contribution in [1.82, 2.24) is 9.88 Å². The van der Waals surface area contributed by atoms with E-state index in [2.05, 4.69) is 25.8 Å². The predicted octanol–water partition coefficient (Wildman–Crippen LogP) is 3.28. The van der Waals surface area contributed by atoms with Crippen molar-refractivity contribution in [2.24, 2.45) is 11.3 Å². The molecule has 0 radical (unpaired) electrons. The Morgan fingerprint density at radius 1 is 1.23 bits per heavy atom. The van der Waals surface area contributed by atoms with Gasteiger partial charge in [-0.25, -0.2) is 0 Å². The van der Waals surface area contributed by atoms with Crippen molar-refractivity contribution < 1.29 is 4.79 Å². The Morgan fingerprint density at radius 2 is 1.91 bits per heavy atom. The van der Waals surface area contributed by atoms with E-state index in [9.17, 15) is 9.59 Å². The molecule has 122 valence electrons. The van der Waals surface area contributed by atoms with Crippen LogP contribution in [-0.2, 0) is 0 Å². The quantitative estimate of drug-likeness (QED) is 0.865. The number of aromatic nitrogens is 1. The van der Waals surface area contributed by atoms with Crippen LogP contribution in [0, 0.1) is 25.2 Å². The van der Waals surface area contributed by atoms with Crippen LogP contribution in [0.5, 0.6) is 0 Å². The molecule has 2 heterocycles. The first-order valence-corrected chi connectivity index (χ1v) is 8.20. The zero-order valence-electron chi connectivity index (χ0n) is 14.5. The van der Waals surface area contributed by atoms with Gasteiger partial charge in [0.25, 0.3) is 5.91 Å². The fourth-order valence-electron chi connectivity index (χ4n) is 3.44. The van der Waals surface area contributed by atoms with Gasteiger partial charge in [0.05, 0.1) is 0 Å². The van der Waals surface area contributed by atoms with E-state index in [1.165, 1.54) is 6.07 Å². The first-order chi connectivity index (χ1) is 10.2. The van der Waals surface area contributed by atoms with Gasteiger partial charge in [-0.3, -0.25) is 9.59 Å². The van der Waals surface area contributed by atoms with E-state index >= 15 is 0 Å². The van der Waals surface area contributed by atoms with Crippen molar-refractivity contribution >= 4 is 5.91 Å². The monoisotopic (exact) mass is 304 g/mol. The summed E-state index contributed by atoms with van der Waals surface area (Å²) < 4.78 is 0. The summed E-state index contributed by atoms with van der Waals surface area (Å²) in [5.74, 6) is 0.510. The molecule has 0 saturated carbocycles. The van der Waals surface area contributed by atoms with Crippen molar-refractivity contribution in [1.29, 1.82) is 0 Å². The van der Waals surface area contributed by atoms with Crippen molar-refractivity contribution in [2.75, 3.05) is 13.1 Å². The van der Waals surface area contributed by atoms with Gasteiger partial charge in [-0.05, 0) is 44.4 Å². The Bertz CT molecular complexity index is 610. The molecule has 0 unspecified atom stereocenters. The van der Waals surface area contributed by atoms with E-state index < -0.39 is 0 Å². The van der Waals surface area contributed by atoms with Gasteiger partial charge in [-0.2, -0.15) is 0 Å². The second kappa shape index (κ2) is 6.27. The summed E-state index contributed by atoms with van der Waals surface area (Å²) in [5, 5.41) is 0. The lowest BCUT2D eigenvalue weighted by atomic mass is 9.77. The summed E-state index contributed by atoms with van der Waals surface area (Å²) in [6.45, 7) is 11.9. The van der Waals surface area contributed by atoms with Crippen LogP contribution in [0.2, 0.25) is 0 Å². The number of nitrogens with one attached hydrogen (secondary N) is 1. The second-order valence-corrected chi connectivity index (χ2v) is 7.60. The van der Waals surface area contributed by atoms with Crippen molar-refractivity contribution in [3.05, 3.63) is 33.2 Å². The van der Waals surface area contributed by atoms with Gasteiger partial charge in [0.1, 0.15) is 5.56 Å². The number of carbonyl (C=O) groups excluding carboxylic acids is 1. The van der Waals surface area contributed by atoms with E-state index in [4.69, 9.17) is 0 Å². The number of aryl methyl sites for hydroxylation is 2. The molecule has 1 atom stereocenters. The number of aromatic amines is 1. The topological polar surface area (TPSA) is 53.2 Å². The molecule has 0 bridgehead atoms. The van der Waals surface area contributed by atoms with Crippen LogP contribution in [0.15, 0.2) is 10.9 Å². The Balaban J connectivity index is 2.19. The molecule has 4 nitrogen and oxygen atoms in total. The predicted molar refractivity (Wildman–Crippen MR) is 89.2 cm³/mol. The molecule has 1 amide bonds. The minimum atomic E-state index is -0.171. The van der Waals surface area contributed by atoms with E-state index in [1.807, 2.05) is 11.8 Å². The Labute approximate surface area is 132 Å². The Hall–Kier alpha value is -1.58. The molecule has 0 aliphatic carbocycles. The third kappa shape index (κ3) is 3.60. The van der Waals surface area contributed by atoms with Gasteiger partial charge in [0.2, 0.25) is 0 Å². The molecule has 1 fully saturated rings. The van der Waals surface area contributed by atoms with E-state index in [0.29, 0.717) is 17.2 Å². The largest absolute Gasteiger partial charge is 0.362 e. The molecule has 1 aliphatic heterocycles. The van der Waals surface area contributed by atoms with Gasteiger partial charge in [-0.1, -0.05) is 20.8 Å². The highest BCUT2D eigenvalue weighted by Crippen LogP contribution is 2.34. The van der Waals surface area contributed by atoms with Crippen LogP contribution in [0.3, 0.4) is 0 Å². The molecule has 4 heteroatoms. The number of rotatable bonds is 1. The highest BCUT2D eigenvalue weighted by Gasteiger charge is 2.29. The van der Waals surface area contributed by atoms with Gasteiger partial charge in [-0.15, -0.1) is 0 Å². The summed E-state index contributed by atoms with van der Waals surface area (Å²) >= 11 is 0. The maximum atomic E-state index is 12.8. The summed E-state index contributed by atoms with van der Waals surface area (Å²) in [6.07, 6.45) is 3.17. The highest BCUT2D eigenvalue weighted by atomic mass is 16.2. The maximum Gasteiger partial charge on any atom is 0.259 e. The van der Waals surface area contributed by atoms with Crippen LogP contribution in [0.4, 0.5) is 0 Å². The normalized spacial score (nSPS) is 19.9. The minimum Gasteiger partial charge on any atom is -0.362 e. The smallest absolute Gasteiger partial charge is 0.259 e. The molecule has 0 aromatic carbocycles. The zero-order chi connectivity index (χ0) is 16.5. The van der Waals surface area contributed by atoms with Gasteiger partial charge in [0, 0.05) is 30.5 Å². The third-order valence-electron chi connectivity index (χ3n) is 4.81. The summed E-state index contributed by atoms with van der Waals surface area (Å²) in [4.78, 5) is 29.9. The number of pyridine rings is 1. The molecule has 1 saturated heterocycles. The van der Waals surface area contributed by atoms with Crippen LogP contribution in [-0.4, -0.2) is 28.9 Å². The van der Waals surface area contributed by atoms with Crippen molar-refractivity contribution in [3.63, 3.8) is 0 Å². The van der Waals surface area contributed by atoms with Crippen LogP contribution in [0.25, 0.3) is 0 Å². The van der Waals surface area contributed by atoms with Crippen LogP contribution in [0.1, 0.15) is 61.8 Å². The fraction of sp³-hybridized carbons (Fsp3) is 0.667. The van der Waals surface area contributed by atoms with E-state index in [1.54, 1.807) is 6.92 Å². The first-order valence-electron chi connectivity index (χ1n) is 8.20. The molecular formula is C18H28N2O2. The number of amides is 1. The third-order valence-corrected chi connectivity index (χ3v) is 4.81. The number of hydrogen-bond acceptors (Lipinski definition) is 2. The number of H-pyrrole nitrogens is 1. The lowest BCUT2D eigenvalue weighted by Gasteiger charge is -2.29. The maximum absolute atomic E-state index is 12.8. The molecule has 0 spiro atoms. The molecule has 1 aromatic rings. The number of likely N-dealkylation sites (tertiary alicyclic amines) is 1. The summed E-state index contributed by atoms with van der Waals surface area (Å²) in [7, 11) is 0. The van der Waals surface area contributed by atoms with Crippen LogP contribution >= 0.6 is 0 Å². The molecule has 2 rings (SSSR count). The van der Waals surface area contributed by atoms with Gasteiger partial charge < -0.3 is 9.88 Å². The summed E-state index contributed by atoms with van der Waals surface area (Å²) in [6, 6.07) is 1.51. The lowest BCUT2D eigenvalue weighted by molar-refractivity contribution is 0.0753.